The molecule has 1 saturated carbocycles. The second kappa shape index (κ2) is 2.34. The lowest BCUT2D eigenvalue weighted by molar-refractivity contribution is -0.117. The van der Waals surface area contributed by atoms with Gasteiger partial charge in [-0.1, -0.05) is 13.8 Å². The normalized spacial score (nSPS) is 32.5. The van der Waals surface area contributed by atoms with Crippen molar-refractivity contribution in [2.45, 2.75) is 27.2 Å². The SMILES string of the molecule is CC(=O)C[C@H]1[C@@H](C#N)C1(C)C. The standard InChI is InChI=1S/C9H13NO/c1-6(11)4-7-8(5-10)9(7,2)3/h7-8H,4H2,1-3H3/t7-,8+/m0/s1. The average molecular weight is 151 g/mol. The molecule has 0 unspecified atom stereocenters. The van der Waals surface area contributed by atoms with Gasteiger partial charge >= 0.3 is 0 Å². The lowest BCUT2D eigenvalue weighted by atomic mass is 10.1. The fourth-order valence-electron chi connectivity index (χ4n) is 1.69. The van der Waals surface area contributed by atoms with E-state index in [9.17, 15) is 4.79 Å². The maximum absolute atomic E-state index is 10.7. The summed E-state index contributed by atoms with van der Waals surface area (Å²) >= 11 is 0. The maximum atomic E-state index is 10.7. The van der Waals surface area contributed by atoms with Crippen LogP contribution in [-0.2, 0) is 4.79 Å². The van der Waals surface area contributed by atoms with E-state index in [4.69, 9.17) is 5.26 Å². The Kier molecular flexibility index (Phi) is 1.75. The van der Waals surface area contributed by atoms with Crippen LogP contribution in [-0.4, -0.2) is 5.78 Å². The van der Waals surface area contributed by atoms with Gasteiger partial charge in [-0.3, -0.25) is 0 Å². The molecule has 1 fully saturated rings. The number of nitrogens with zero attached hydrogens (tertiary/aromatic N) is 1. The molecule has 1 aliphatic rings. The zero-order valence-electron chi connectivity index (χ0n) is 7.22. The van der Waals surface area contributed by atoms with Gasteiger partial charge in [-0.15, -0.1) is 0 Å². The molecule has 0 aromatic carbocycles. The van der Waals surface area contributed by atoms with Crippen LogP contribution in [0.25, 0.3) is 0 Å². The highest BCUT2D eigenvalue weighted by atomic mass is 16.1. The predicted molar refractivity (Wildman–Crippen MR) is 41.7 cm³/mol. The van der Waals surface area contributed by atoms with Crippen molar-refractivity contribution in [2.24, 2.45) is 17.3 Å². The monoisotopic (exact) mass is 151 g/mol. The fourth-order valence-corrected chi connectivity index (χ4v) is 1.69. The molecular formula is C9H13NO. The second-order valence-corrected chi connectivity index (χ2v) is 3.94. The minimum atomic E-state index is 0.0837. The van der Waals surface area contributed by atoms with E-state index in [2.05, 4.69) is 19.9 Å². The highest BCUT2D eigenvalue weighted by molar-refractivity contribution is 5.76. The molecular weight excluding hydrogens is 138 g/mol. The van der Waals surface area contributed by atoms with Gasteiger partial charge in [0.05, 0.1) is 12.0 Å². The van der Waals surface area contributed by atoms with Crippen molar-refractivity contribution in [2.75, 3.05) is 0 Å². The summed E-state index contributed by atoms with van der Waals surface area (Å²) in [6.45, 7) is 5.69. The van der Waals surface area contributed by atoms with Gasteiger partial charge in [-0.2, -0.15) is 5.26 Å². The summed E-state index contributed by atoms with van der Waals surface area (Å²) in [6.07, 6.45) is 0.575. The highest BCUT2D eigenvalue weighted by Crippen LogP contribution is 2.59. The van der Waals surface area contributed by atoms with Crippen molar-refractivity contribution in [1.29, 1.82) is 5.26 Å². The van der Waals surface area contributed by atoms with E-state index in [1.54, 1.807) is 6.92 Å². The molecule has 0 aromatic heterocycles. The number of ketones is 1. The molecule has 0 amide bonds. The number of nitriles is 1. The van der Waals surface area contributed by atoms with Gasteiger partial charge in [-0.05, 0) is 18.3 Å². The van der Waals surface area contributed by atoms with Crippen LogP contribution in [0.5, 0.6) is 0 Å². The van der Waals surface area contributed by atoms with E-state index in [0.717, 1.165) is 0 Å². The summed E-state index contributed by atoms with van der Waals surface area (Å²) in [7, 11) is 0. The molecule has 0 N–H and O–H groups in total. The molecule has 1 rings (SSSR count). The minimum absolute atomic E-state index is 0.0837. The van der Waals surface area contributed by atoms with Crippen molar-refractivity contribution >= 4 is 5.78 Å². The molecule has 0 spiro atoms. The fraction of sp³-hybridized carbons (Fsp3) is 0.778. The van der Waals surface area contributed by atoms with Crippen LogP contribution in [0.4, 0.5) is 0 Å². The van der Waals surface area contributed by atoms with Crippen molar-refractivity contribution < 1.29 is 4.79 Å². The number of carbonyl (C=O) groups is 1. The van der Waals surface area contributed by atoms with E-state index in [1.165, 1.54) is 0 Å². The number of hydrogen-bond donors (Lipinski definition) is 0. The lowest BCUT2D eigenvalue weighted by Crippen LogP contribution is -1.96. The average Bonchev–Trinajstić information content (AvgIpc) is 2.33. The Morgan fingerprint density at radius 2 is 2.18 bits per heavy atom. The van der Waals surface area contributed by atoms with Crippen LogP contribution >= 0.6 is 0 Å². The minimum Gasteiger partial charge on any atom is -0.300 e. The first-order chi connectivity index (χ1) is 5.00. The van der Waals surface area contributed by atoms with Gasteiger partial charge in [-0.25, -0.2) is 0 Å². The van der Waals surface area contributed by atoms with E-state index >= 15 is 0 Å². The number of rotatable bonds is 2. The Morgan fingerprint density at radius 1 is 1.64 bits per heavy atom. The van der Waals surface area contributed by atoms with Gasteiger partial charge in [0.1, 0.15) is 5.78 Å². The summed E-state index contributed by atoms with van der Waals surface area (Å²) < 4.78 is 0. The molecule has 2 atom stereocenters. The summed E-state index contributed by atoms with van der Waals surface area (Å²) in [4.78, 5) is 10.7. The van der Waals surface area contributed by atoms with Crippen LogP contribution < -0.4 is 0 Å². The molecule has 0 radical (unpaired) electrons. The Morgan fingerprint density at radius 3 is 2.45 bits per heavy atom. The summed E-state index contributed by atoms with van der Waals surface area (Å²) in [5.74, 6) is 0.609. The Labute approximate surface area is 67.2 Å². The Hall–Kier alpha value is -0.840. The van der Waals surface area contributed by atoms with E-state index in [-0.39, 0.29) is 17.1 Å². The Balaban J connectivity index is 2.54. The second-order valence-electron chi connectivity index (χ2n) is 3.94. The zero-order chi connectivity index (χ0) is 8.65. The quantitative estimate of drug-likeness (QED) is 0.603. The third kappa shape index (κ3) is 1.28. The highest BCUT2D eigenvalue weighted by Gasteiger charge is 2.58. The van der Waals surface area contributed by atoms with Crippen LogP contribution in [0.1, 0.15) is 27.2 Å². The van der Waals surface area contributed by atoms with Crippen LogP contribution in [0.2, 0.25) is 0 Å². The summed E-state index contributed by atoms with van der Waals surface area (Å²) in [6, 6.07) is 2.23. The van der Waals surface area contributed by atoms with Gasteiger partial charge in [0, 0.05) is 6.42 Å². The zero-order valence-corrected chi connectivity index (χ0v) is 7.22. The summed E-state index contributed by atoms with van der Waals surface area (Å²) in [5.41, 5.74) is 0.0837. The molecule has 0 aliphatic heterocycles. The maximum Gasteiger partial charge on any atom is 0.130 e. The topological polar surface area (TPSA) is 40.9 Å². The number of Topliss-reactive ketones (excluding diaryl/α,β-unsaturated/α-hetero) is 1. The molecule has 0 bridgehead atoms. The predicted octanol–water partition coefficient (Wildman–Crippen LogP) is 1.76. The molecule has 11 heavy (non-hydrogen) atoms. The van der Waals surface area contributed by atoms with E-state index < -0.39 is 0 Å². The molecule has 2 heteroatoms. The molecule has 0 heterocycles. The largest absolute Gasteiger partial charge is 0.300 e. The third-order valence-electron chi connectivity index (χ3n) is 2.70. The lowest BCUT2D eigenvalue weighted by Gasteiger charge is -1.97. The van der Waals surface area contributed by atoms with Gasteiger partial charge in [0.2, 0.25) is 0 Å². The van der Waals surface area contributed by atoms with Crippen molar-refractivity contribution in [3.8, 4) is 6.07 Å². The molecule has 0 aromatic rings. The van der Waals surface area contributed by atoms with Crippen LogP contribution in [0.15, 0.2) is 0 Å². The van der Waals surface area contributed by atoms with E-state index in [1.807, 2.05) is 0 Å². The Bertz CT molecular complexity index is 224. The first-order valence-electron chi connectivity index (χ1n) is 3.89. The molecule has 1 aliphatic carbocycles. The van der Waals surface area contributed by atoms with Crippen molar-refractivity contribution in [3.63, 3.8) is 0 Å². The molecule has 2 nitrogen and oxygen atoms in total. The molecule has 0 saturated heterocycles. The number of hydrogen-bond acceptors (Lipinski definition) is 2. The van der Waals surface area contributed by atoms with Crippen LogP contribution in [0.3, 0.4) is 0 Å². The third-order valence-corrected chi connectivity index (χ3v) is 2.70. The van der Waals surface area contributed by atoms with Crippen LogP contribution in [0, 0.1) is 28.6 Å². The summed E-state index contributed by atoms with van der Waals surface area (Å²) in [5, 5.41) is 8.66. The first kappa shape index (κ1) is 8.26. The smallest absolute Gasteiger partial charge is 0.130 e. The van der Waals surface area contributed by atoms with Crippen molar-refractivity contribution in [3.05, 3.63) is 0 Å². The number of carbonyl (C=O) groups excluding carboxylic acids is 1. The molecule has 60 valence electrons. The van der Waals surface area contributed by atoms with Gasteiger partial charge in [0.25, 0.3) is 0 Å². The van der Waals surface area contributed by atoms with Gasteiger partial charge < -0.3 is 4.79 Å². The van der Waals surface area contributed by atoms with Crippen molar-refractivity contribution in [1.82, 2.24) is 0 Å². The van der Waals surface area contributed by atoms with Gasteiger partial charge in [0.15, 0.2) is 0 Å². The van der Waals surface area contributed by atoms with E-state index in [0.29, 0.717) is 12.3 Å². The first-order valence-corrected chi connectivity index (χ1v) is 3.89.